The molecule has 10 heteroatoms. The van der Waals surface area contributed by atoms with Crippen LogP contribution in [-0.2, 0) is 16.0 Å². The molecular formula is C24H23N5O4S. The van der Waals surface area contributed by atoms with Crippen molar-refractivity contribution in [3.8, 4) is 11.5 Å². The molecule has 0 radical (unpaired) electrons. The second kappa shape index (κ2) is 10.3. The van der Waals surface area contributed by atoms with Gasteiger partial charge in [-0.2, -0.15) is 0 Å². The van der Waals surface area contributed by atoms with Crippen molar-refractivity contribution in [2.45, 2.75) is 18.5 Å². The van der Waals surface area contributed by atoms with Crippen LogP contribution >= 0.6 is 11.3 Å². The van der Waals surface area contributed by atoms with Crippen LogP contribution in [0.2, 0.25) is 0 Å². The van der Waals surface area contributed by atoms with Crippen LogP contribution in [0, 0.1) is 5.41 Å². The molecule has 0 unspecified atom stereocenters. The summed E-state index contributed by atoms with van der Waals surface area (Å²) in [6.45, 7) is 0.514. The molecule has 2 heterocycles. The van der Waals surface area contributed by atoms with Gasteiger partial charge in [0, 0.05) is 34.3 Å². The lowest BCUT2D eigenvalue weighted by Gasteiger charge is -2.17. The number of hydrogen-bond acceptors (Lipinski definition) is 7. The van der Waals surface area contributed by atoms with Crippen LogP contribution in [0.15, 0.2) is 66.0 Å². The fraction of sp³-hybridized carbons (Fsp3) is 0.167. The van der Waals surface area contributed by atoms with Crippen molar-refractivity contribution >= 4 is 34.9 Å². The summed E-state index contributed by atoms with van der Waals surface area (Å²) in [7, 11) is 0. The van der Waals surface area contributed by atoms with Gasteiger partial charge >= 0.3 is 0 Å². The number of nitrogens with one attached hydrogen (secondary N) is 4. The monoisotopic (exact) mass is 477 g/mol. The van der Waals surface area contributed by atoms with Gasteiger partial charge in [0.05, 0.1) is 6.04 Å². The van der Waals surface area contributed by atoms with Gasteiger partial charge in [-0.15, -0.1) is 11.3 Å². The Bertz CT molecular complexity index is 1210. The summed E-state index contributed by atoms with van der Waals surface area (Å²) in [6.07, 6.45) is 0.149. The van der Waals surface area contributed by atoms with E-state index in [0.29, 0.717) is 29.2 Å². The first kappa shape index (κ1) is 23.1. The first-order chi connectivity index (χ1) is 16.4. The molecule has 3 amide bonds. The Morgan fingerprint density at radius 1 is 1.09 bits per heavy atom. The maximum Gasteiger partial charge on any atom is 0.251 e. The van der Waals surface area contributed by atoms with E-state index in [2.05, 4.69) is 16.0 Å². The van der Waals surface area contributed by atoms with Gasteiger partial charge in [-0.3, -0.25) is 25.1 Å². The van der Waals surface area contributed by atoms with Gasteiger partial charge in [-0.25, -0.2) is 0 Å². The molecule has 0 spiro atoms. The molecule has 3 aromatic rings. The second-order valence-electron chi connectivity index (χ2n) is 7.70. The largest absolute Gasteiger partial charge is 0.457 e. The van der Waals surface area contributed by atoms with Crippen LogP contribution in [0.5, 0.6) is 11.5 Å². The minimum Gasteiger partial charge on any atom is -0.457 e. The van der Waals surface area contributed by atoms with Crippen molar-refractivity contribution in [3.05, 3.63) is 82.0 Å². The third kappa shape index (κ3) is 6.06. The first-order valence-corrected chi connectivity index (χ1v) is 11.4. The van der Waals surface area contributed by atoms with Crippen LogP contribution < -0.4 is 26.4 Å². The van der Waals surface area contributed by atoms with Gasteiger partial charge in [0.15, 0.2) is 0 Å². The lowest BCUT2D eigenvalue weighted by molar-refractivity contribution is -0.131. The number of amides is 3. The standard InChI is InChI=1S/C24H23N5O4S/c25-21(26)15-10-18(34-13-15)11-19(23(31)29-24(32)20-12-27-20)28-22(30)14-6-8-17(9-7-14)33-16-4-2-1-3-5-16/h1-10,13,19-20,27H,11-12H2,(H3,25,26)(H,28,30)(H,29,31,32)/t19-,20-/m0/s1. The van der Waals surface area contributed by atoms with E-state index < -0.39 is 23.8 Å². The minimum absolute atomic E-state index is 0.0830. The van der Waals surface area contributed by atoms with Crippen LogP contribution in [0.25, 0.3) is 0 Å². The molecule has 9 nitrogen and oxygen atoms in total. The van der Waals surface area contributed by atoms with Gasteiger partial charge in [0.25, 0.3) is 5.91 Å². The maximum absolute atomic E-state index is 12.9. The Kier molecular flexibility index (Phi) is 7.00. The Labute approximate surface area is 199 Å². The number of nitrogens with two attached hydrogens (primary N) is 1. The van der Waals surface area contributed by atoms with Crippen LogP contribution in [-0.4, -0.2) is 42.2 Å². The van der Waals surface area contributed by atoms with E-state index in [0.717, 1.165) is 4.88 Å². The van der Waals surface area contributed by atoms with E-state index in [4.69, 9.17) is 15.9 Å². The highest BCUT2D eigenvalue weighted by Gasteiger charge is 2.32. The highest BCUT2D eigenvalue weighted by molar-refractivity contribution is 7.10. The highest BCUT2D eigenvalue weighted by atomic mass is 32.1. The fourth-order valence-corrected chi connectivity index (χ4v) is 4.05. The quantitative estimate of drug-likeness (QED) is 0.180. The minimum atomic E-state index is -0.992. The van der Waals surface area contributed by atoms with Gasteiger partial charge in [-0.05, 0) is 42.5 Å². The fourth-order valence-electron chi connectivity index (χ4n) is 3.12. The number of ether oxygens (including phenoxy) is 1. The van der Waals surface area contributed by atoms with Gasteiger partial charge in [0.1, 0.15) is 23.4 Å². The number of amidine groups is 1. The number of carbonyl (C=O) groups excluding carboxylic acids is 3. The summed E-state index contributed by atoms with van der Waals surface area (Å²) in [6, 6.07) is 16.1. The summed E-state index contributed by atoms with van der Waals surface area (Å²) in [5, 5.41) is 17.1. The summed E-state index contributed by atoms with van der Waals surface area (Å²) in [5.41, 5.74) is 6.40. The van der Waals surface area contributed by atoms with E-state index in [1.165, 1.54) is 11.3 Å². The van der Waals surface area contributed by atoms with E-state index in [1.807, 2.05) is 30.3 Å². The zero-order chi connectivity index (χ0) is 24.1. The third-order valence-electron chi connectivity index (χ3n) is 5.06. The zero-order valence-corrected chi connectivity index (χ0v) is 18.9. The number of hydrogen-bond donors (Lipinski definition) is 5. The number of rotatable bonds is 9. The number of para-hydroxylation sites is 1. The smallest absolute Gasteiger partial charge is 0.251 e. The molecule has 1 aromatic heterocycles. The third-order valence-corrected chi connectivity index (χ3v) is 6.02. The molecule has 4 rings (SSSR count). The predicted molar refractivity (Wildman–Crippen MR) is 128 cm³/mol. The molecule has 174 valence electrons. The van der Waals surface area contributed by atoms with E-state index >= 15 is 0 Å². The van der Waals surface area contributed by atoms with Crippen molar-refractivity contribution < 1.29 is 19.1 Å². The summed E-state index contributed by atoms with van der Waals surface area (Å²) >= 11 is 1.32. The highest BCUT2D eigenvalue weighted by Crippen LogP contribution is 2.21. The molecule has 2 atom stereocenters. The number of nitrogen functional groups attached to an aromatic ring is 1. The lowest BCUT2D eigenvalue weighted by Crippen LogP contribution is -2.50. The van der Waals surface area contributed by atoms with Gasteiger partial charge in [-0.1, -0.05) is 18.2 Å². The Morgan fingerprint density at radius 2 is 1.76 bits per heavy atom. The van der Waals surface area contributed by atoms with Crippen molar-refractivity contribution in [1.82, 2.24) is 16.0 Å². The Balaban J connectivity index is 1.45. The first-order valence-electron chi connectivity index (χ1n) is 10.5. The zero-order valence-electron chi connectivity index (χ0n) is 18.0. The molecule has 2 aromatic carbocycles. The normalized spacial score (nSPS) is 15.1. The van der Waals surface area contributed by atoms with E-state index in [-0.39, 0.29) is 18.3 Å². The molecule has 34 heavy (non-hydrogen) atoms. The number of carbonyl (C=O) groups is 3. The van der Waals surface area contributed by atoms with E-state index in [1.54, 1.807) is 35.7 Å². The Morgan fingerprint density at radius 3 is 2.38 bits per heavy atom. The molecular weight excluding hydrogens is 454 g/mol. The molecule has 6 N–H and O–H groups in total. The molecule has 1 fully saturated rings. The molecule has 1 saturated heterocycles. The summed E-state index contributed by atoms with van der Waals surface area (Å²) in [4.78, 5) is 38.5. The maximum atomic E-state index is 12.9. The van der Waals surface area contributed by atoms with Crippen molar-refractivity contribution in [2.24, 2.45) is 5.73 Å². The van der Waals surface area contributed by atoms with Crippen molar-refractivity contribution in [3.63, 3.8) is 0 Å². The molecule has 0 saturated carbocycles. The predicted octanol–water partition coefficient (Wildman–Crippen LogP) is 1.78. The van der Waals surface area contributed by atoms with Crippen LogP contribution in [0.4, 0.5) is 0 Å². The average Bonchev–Trinajstić information content (AvgIpc) is 3.58. The molecule has 0 bridgehead atoms. The van der Waals surface area contributed by atoms with Crippen LogP contribution in [0.3, 0.4) is 0 Å². The topological polar surface area (TPSA) is 156 Å². The second-order valence-corrected chi connectivity index (χ2v) is 8.70. The lowest BCUT2D eigenvalue weighted by atomic mass is 10.1. The average molecular weight is 478 g/mol. The summed E-state index contributed by atoms with van der Waals surface area (Å²) < 4.78 is 5.74. The van der Waals surface area contributed by atoms with Gasteiger partial charge in [0.2, 0.25) is 11.8 Å². The van der Waals surface area contributed by atoms with Crippen molar-refractivity contribution in [2.75, 3.05) is 6.54 Å². The van der Waals surface area contributed by atoms with Gasteiger partial charge < -0.3 is 21.1 Å². The molecule has 0 aliphatic carbocycles. The number of thiophene rings is 1. The SMILES string of the molecule is N=C(N)c1csc(C[C@H](NC(=O)c2ccc(Oc3ccccc3)cc2)C(=O)NC(=O)[C@@H]2CN2)c1. The summed E-state index contributed by atoms with van der Waals surface area (Å²) in [5.74, 6) is -0.342. The number of benzene rings is 2. The molecule has 1 aliphatic rings. The van der Waals surface area contributed by atoms with E-state index in [9.17, 15) is 14.4 Å². The number of imide groups is 1. The van der Waals surface area contributed by atoms with Crippen LogP contribution in [0.1, 0.15) is 20.8 Å². The van der Waals surface area contributed by atoms with Crippen molar-refractivity contribution in [1.29, 1.82) is 5.41 Å². The Hall–Kier alpha value is -4.02. The molecule has 1 aliphatic heterocycles.